The molecule has 6 heteroatoms. The zero-order chi connectivity index (χ0) is 15.0. The molecule has 1 aromatic carbocycles. The van der Waals surface area contributed by atoms with Crippen LogP contribution in [0.4, 0.5) is 0 Å². The SMILES string of the molecule is Cc1occc1-c1nc(Cl)c(-c2cccc(Br)c2)c(Cl)n1. The molecule has 106 valence electrons. The van der Waals surface area contributed by atoms with Crippen LogP contribution in [0.2, 0.25) is 10.3 Å². The lowest BCUT2D eigenvalue weighted by molar-refractivity contribution is 0.535. The van der Waals surface area contributed by atoms with Crippen molar-refractivity contribution in [2.24, 2.45) is 0 Å². The van der Waals surface area contributed by atoms with E-state index >= 15 is 0 Å². The van der Waals surface area contributed by atoms with Gasteiger partial charge >= 0.3 is 0 Å². The van der Waals surface area contributed by atoms with Gasteiger partial charge in [-0.25, -0.2) is 9.97 Å². The van der Waals surface area contributed by atoms with Crippen molar-refractivity contribution in [3.8, 4) is 22.5 Å². The van der Waals surface area contributed by atoms with Gasteiger partial charge in [-0.05, 0) is 30.7 Å². The normalized spacial score (nSPS) is 10.9. The molecule has 0 N–H and O–H groups in total. The van der Waals surface area contributed by atoms with Crippen LogP contribution in [0.1, 0.15) is 5.76 Å². The molecule has 3 rings (SSSR count). The second-order valence-corrected chi connectivity index (χ2v) is 6.04. The predicted octanol–water partition coefficient (Wildman–Crippen LogP) is 5.78. The molecule has 3 aromatic rings. The third kappa shape index (κ3) is 2.84. The fourth-order valence-electron chi connectivity index (χ4n) is 2.03. The van der Waals surface area contributed by atoms with Crippen molar-refractivity contribution in [2.45, 2.75) is 6.92 Å². The van der Waals surface area contributed by atoms with Gasteiger partial charge in [-0.1, -0.05) is 51.3 Å². The lowest BCUT2D eigenvalue weighted by atomic mass is 10.1. The van der Waals surface area contributed by atoms with Gasteiger partial charge in [0.05, 0.1) is 17.4 Å². The number of aryl methyl sites for hydroxylation is 1. The molecule has 0 amide bonds. The van der Waals surface area contributed by atoms with Crippen LogP contribution in [0.25, 0.3) is 22.5 Å². The van der Waals surface area contributed by atoms with Gasteiger partial charge in [0.25, 0.3) is 0 Å². The van der Waals surface area contributed by atoms with Crippen molar-refractivity contribution in [3.05, 3.63) is 57.1 Å². The molecule has 0 spiro atoms. The minimum Gasteiger partial charge on any atom is -0.469 e. The van der Waals surface area contributed by atoms with Crippen LogP contribution in [0.3, 0.4) is 0 Å². The molecule has 3 nitrogen and oxygen atoms in total. The number of benzene rings is 1. The maximum Gasteiger partial charge on any atom is 0.166 e. The van der Waals surface area contributed by atoms with E-state index in [1.54, 1.807) is 12.3 Å². The lowest BCUT2D eigenvalue weighted by Crippen LogP contribution is -1.94. The van der Waals surface area contributed by atoms with E-state index in [1.165, 1.54) is 0 Å². The first-order valence-electron chi connectivity index (χ1n) is 6.09. The van der Waals surface area contributed by atoms with Crippen LogP contribution in [0.5, 0.6) is 0 Å². The summed E-state index contributed by atoms with van der Waals surface area (Å²) < 4.78 is 6.19. The van der Waals surface area contributed by atoms with E-state index in [4.69, 9.17) is 27.6 Å². The van der Waals surface area contributed by atoms with E-state index in [1.807, 2.05) is 31.2 Å². The first kappa shape index (κ1) is 14.6. The third-order valence-electron chi connectivity index (χ3n) is 3.03. The van der Waals surface area contributed by atoms with Gasteiger partial charge < -0.3 is 4.42 Å². The van der Waals surface area contributed by atoms with Gasteiger partial charge in [0, 0.05) is 4.47 Å². The van der Waals surface area contributed by atoms with Crippen LogP contribution in [0, 0.1) is 6.92 Å². The van der Waals surface area contributed by atoms with Crippen molar-refractivity contribution in [3.63, 3.8) is 0 Å². The standard InChI is InChI=1S/C15H9BrCl2N2O/c1-8-11(5-6-21-8)15-19-13(17)12(14(18)20-15)9-3-2-4-10(16)7-9/h2-7H,1H3. The zero-order valence-electron chi connectivity index (χ0n) is 10.9. The zero-order valence-corrected chi connectivity index (χ0v) is 14.0. The molecule has 0 unspecified atom stereocenters. The summed E-state index contributed by atoms with van der Waals surface area (Å²) in [4.78, 5) is 8.68. The van der Waals surface area contributed by atoms with Crippen LogP contribution in [-0.2, 0) is 0 Å². The summed E-state index contributed by atoms with van der Waals surface area (Å²) >= 11 is 16.0. The summed E-state index contributed by atoms with van der Waals surface area (Å²) in [7, 11) is 0. The Morgan fingerprint density at radius 2 is 1.81 bits per heavy atom. The minimum absolute atomic E-state index is 0.309. The summed E-state index contributed by atoms with van der Waals surface area (Å²) in [5.74, 6) is 1.17. The Kier molecular flexibility index (Phi) is 4.02. The van der Waals surface area contributed by atoms with E-state index in [2.05, 4.69) is 25.9 Å². The Morgan fingerprint density at radius 3 is 2.38 bits per heavy atom. The predicted molar refractivity (Wildman–Crippen MR) is 87.6 cm³/mol. The monoisotopic (exact) mass is 382 g/mol. The third-order valence-corrected chi connectivity index (χ3v) is 4.07. The average molecular weight is 384 g/mol. The number of hydrogen-bond donors (Lipinski definition) is 0. The highest BCUT2D eigenvalue weighted by molar-refractivity contribution is 9.10. The van der Waals surface area contributed by atoms with Gasteiger partial charge in [0.1, 0.15) is 16.1 Å². The second kappa shape index (κ2) is 5.79. The molecular weight excluding hydrogens is 375 g/mol. The van der Waals surface area contributed by atoms with E-state index in [0.29, 0.717) is 21.7 Å². The highest BCUT2D eigenvalue weighted by atomic mass is 79.9. The Hall–Kier alpha value is -1.36. The topological polar surface area (TPSA) is 38.9 Å². The molecule has 0 aliphatic carbocycles. The van der Waals surface area contributed by atoms with Gasteiger partial charge in [-0.3, -0.25) is 0 Å². The number of halogens is 3. The van der Waals surface area contributed by atoms with Gasteiger partial charge in [-0.15, -0.1) is 0 Å². The molecule has 21 heavy (non-hydrogen) atoms. The molecule has 0 atom stereocenters. The molecule has 0 saturated carbocycles. The van der Waals surface area contributed by atoms with Crippen LogP contribution in [0.15, 0.2) is 45.5 Å². The number of aromatic nitrogens is 2. The maximum absolute atomic E-state index is 6.31. The molecule has 0 radical (unpaired) electrons. The largest absolute Gasteiger partial charge is 0.469 e. The highest BCUT2D eigenvalue weighted by Crippen LogP contribution is 2.35. The molecule has 0 fully saturated rings. The molecular formula is C15H9BrCl2N2O. The van der Waals surface area contributed by atoms with Gasteiger partial charge in [-0.2, -0.15) is 0 Å². The molecule has 0 saturated heterocycles. The summed E-state index contributed by atoms with van der Waals surface area (Å²) in [6.07, 6.45) is 1.58. The van der Waals surface area contributed by atoms with E-state index < -0.39 is 0 Å². The fourth-order valence-corrected chi connectivity index (χ4v) is 3.03. The smallest absolute Gasteiger partial charge is 0.166 e. The van der Waals surface area contributed by atoms with Crippen LogP contribution in [-0.4, -0.2) is 9.97 Å². The average Bonchev–Trinajstić information content (AvgIpc) is 2.84. The Balaban J connectivity index is 2.15. The van der Waals surface area contributed by atoms with E-state index in [9.17, 15) is 0 Å². The molecule has 2 heterocycles. The maximum atomic E-state index is 6.31. The van der Waals surface area contributed by atoms with Crippen LogP contribution >= 0.6 is 39.1 Å². The van der Waals surface area contributed by atoms with Crippen molar-refractivity contribution in [2.75, 3.05) is 0 Å². The minimum atomic E-state index is 0.309. The summed E-state index contributed by atoms with van der Waals surface area (Å²) in [5.41, 5.74) is 2.25. The Morgan fingerprint density at radius 1 is 1.10 bits per heavy atom. The lowest BCUT2D eigenvalue weighted by Gasteiger charge is -2.08. The van der Waals surface area contributed by atoms with Crippen LogP contribution < -0.4 is 0 Å². The first-order chi connectivity index (χ1) is 10.1. The Bertz CT molecular complexity index is 794. The first-order valence-corrected chi connectivity index (χ1v) is 7.64. The molecule has 0 aliphatic rings. The quantitative estimate of drug-likeness (QED) is 0.526. The summed E-state index contributed by atoms with van der Waals surface area (Å²) in [6, 6.07) is 9.44. The highest BCUT2D eigenvalue weighted by Gasteiger charge is 2.16. The molecule has 2 aromatic heterocycles. The number of hydrogen-bond acceptors (Lipinski definition) is 3. The fraction of sp³-hybridized carbons (Fsp3) is 0.0667. The van der Waals surface area contributed by atoms with E-state index in [-0.39, 0.29) is 0 Å². The number of furan rings is 1. The van der Waals surface area contributed by atoms with Crippen molar-refractivity contribution < 1.29 is 4.42 Å². The number of nitrogens with zero attached hydrogens (tertiary/aromatic N) is 2. The van der Waals surface area contributed by atoms with Crippen molar-refractivity contribution in [1.82, 2.24) is 9.97 Å². The van der Waals surface area contributed by atoms with Crippen molar-refractivity contribution in [1.29, 1.82) is 0 Å². The summed E-state index contributed by atoms with van der Waals surface area (Å²) in [5, 5.41) is 0.618. The number of rotatable bonds is 2. The van der Waals surface area contributed by atoms with E-state index in [0.717, 1.165) is 21.4 Å². The molecule has 0 bridgehead atoms. The van der Waals surface area contributed by atoms with Crippen molar-refractivity contribution >= 4 is 39.1 Å². The Labute approximate surface area is 140 Å². The van der Waals surface area contributed by atoms with Gasteiger partial charge in [0.2, 0.25) is 0 Å². The second-order valence-electron chi connectivity index (χ2n) is 4.40. The van der Waals surface area contributed by atoms with Gasteiger partial charge in [0.15, 0.2) is 5.82 Å². The molecule has 0 aliphatic heterocycles. The summed E-state index contributed by atoms with van der Waals surface area (Å²) in [6.45, 7) is 1.84.